The Morgan fingerprint density at radius 3 is 2.17 bits per heavy atom. The summed E-state index contributed by atoms with van der Waals surface area (Å²) in [5.74, 6) is -1.30. The summed E-state index contributed by atoms with van der Waals surface area (Å²) < 4.78 is 0. The van der Waals surface area contributed by atoms with Crippen molar-refractivity contribution in [3.8, 4) is 5.75 Å². The zero-order chi connectivity index (χ0) is 17.3. The second-order valence-corrected chi connectivity index (χ2v) is 4.19. The Labute approximate surface area is 138 Å². The van der Waals surface area contributed by atoms with Crippen molar-refractivity contribution >= 4 is 5.91 Å². The first kappa shape index (κ1) is 23.0. The number of aromatic hydroxyl groups is 1. The van der Waals surface area contributed by atoms with Crippen LogP contribution in [-0.2, 0) is 4.79 Å². The van der Waals surface area contributed by atoms with Crippen molar-refractivity contribution in [1.29, 1.82) is 0 Å². The fourth-order valence-electron chi connectivity index (χ4n) is 2.14. The van der Waals surface area contributed by atoms with Crippen molar-refractivity contribution in [2.45, 2.75) is 54.4 Å². The van der Waals surface area contributed by atoms with Gasteiger partial charge in [0.2, 0.25) is 0 Å². The molecule has 0 bridgehead atoms. The highest BCUT2D eigenvalue weighted by molar-refractivity contribution is 5.96. The minimum atomic E-state index is -0.671. The van der Waals surface area contributed by atoms with E-state index in [1.54, 1.807) is 6.92 Å². The predicted molar refractivity (Wildman–Crippen MR) is 93.9 cm³/mol. The molecule has 0 saturated carbocycles. The number of H-pyrrole nitrogens is 1. The first-order valence-electron chi connectivity index (χ1n) is 7.63. The average molecular weight is 326 g/mol. The Kier molecular flexibility index (Phi) is 11.4. The minimum Gasteiger partial charge on any atom is -0.512 e. The third kappa shape index (κ3) is 5.47. The van der Waals surface area contributed by atoms with Crippen LogP contribution in [0.1, 0.15) is 59.9 Å². The highest BCUT2D eigenvalue weighted by Gasteiger charge is 2.29. The molecular weight excluding hydrogens is 296 g/mol. The molecule has 6 heteroatoms. The lowest BCUT2D eigenvalue weighted by Gasteiger charge is -2.21. The van der Waals surface area contributed by atoms with Gasteiger partial charge in [-0.15, -0.1) is 0 Å². The highest BCUT2D eigenvalue weighted by atomic mass is 16.3. The summed E-state index contributed by atoms with van der Waals surface area (Å²) in [5.41, 5.74) is -0.259. The molecular formula is C17H30N2O4. The number of carbonyl (C=O) groups excluding carboxylic acids is 1. The second-order valence-electron chi connectivity index (χ2n) is 4.19. The van der Waals surface area contributed by atoms with Gasteiger partial charge < -0.3 is 20.5 Å². The van der Waals surface area contributed by atoms with Crippen LogP contribution in [-0.4, -0.2) is 27.6 Å². The van der Waals surface area contributed by atoms with Gasteiger partial charge in [0.1, 0.15) is 11.5 Å². The van der Waals surface area contributed by atoms with Crippen molar-refractivity contribution in [3.63, 3.8) is 0 Å². The summed E-state index contributed by atoms with van der Waals surface area (Å²) in [4.78, 5) is 25.8. The van der Waals surface area contributed by atoms with Crippen molar-refractivity contribution in [2.24, 2.45) is 0 Å². The second kappa shape index (κ2) is 11.3. The molecule has 1 atom stereocenters. The summed E-state index contributed by atoms with van der Waals surface area (Å²) in [5, 5.41) is 22.1. The first-order chi connectivity index (χ1) is 10.5. The van der Waals surface area contributed by atoms with Crippen molar-refractivity contribution in [2.75, 3.05) is 6.54 Å². The summed E-state index contributed by atoms with van der Waals surface area (Å²) in [6.45, 7) is 9.97. The van der Waals surface area contributed by atoms with Crippen LogP contribution in [0.15, 0.2) is 28.4 Å². The zero-order valence-electron chi connectivity index (χ0n) is 13.9. The van der Waals surface area contributed by atoms with Crippen LogP contribution in [0.25, 0.3) is 0 Å². The van der Waals surface area contributed by atoms with Gasteiger partial charge in [-0.2, -0.15) is 0 Å². The Bertz CT molecular complexity index is 576. The molecule has 6 nitrogen and oxygen atoms in total. The molecule has 1 amide bonds. The van der Waals surface area contributed by atoms with Crippen molar-refractivity contribution in [3.05, 3.63) is 39.5 Å². The highest BCUT2D eigenvalue weighted by Crippen LogP contribution is 2.30. The summed E-state index contributed by atoms with van der Waals surface area (Å²) in [6, 6.07) is 1.34. The van der Waals surface area contributed by atoms with Crippen molar-refractivity contribution in [1.82, 2.24) is 10.3 Å². The quantitative estimate of drug-likeness (QED) is 0.670. The Morgan fingerprint density at radius 2 is 1.70 bits per heavy atom. The molecule has 1 aromatic rings. The smallest absolute Gasteiger partial charge is 0.255 e. The standard InChI is InChI=1S/C12H14N2O4.2C2H6.CH4/c1-6(9-7(15)2-4-13-11(9)17)10-8(16)3-5-14-12(10)18;2*1-2;/h2,4,6,16H,3,5H2,1H3,(H,14,18)(H2,13,15,17);2*1-2H3;1H4. The van der Waals surface area contributed by atoms with Crippen LogP contribution >= 0.6 is 0 Å². The average Bonchev–Trinajstić information content (AvgIpc) is 2.51. The van der Waals surface area contributed by atoms with Gasteiger partial charge in [-0.1, -0.05) is 42.0 Å². The van der Waals surface area contributed by atoms with Crippen LogP contribution in [0.3, 0.4) is 0 Å². The molecule has 2 heterocycles. The molecule has 2 rings (SSSR count). The van der Waals surface area contributed by atoms with Crippen LogP contribution in [0, 0.1) is 0 Å². The zero-order valence-corrected chi connectivity index (χ0v) is 13.9. The van der Waals surface area contributed by atoms with E-state index >= 15 is 0 Å². The Morgan fingerprint density at radius 1 is 1.13 bits per heavy atom. The maximum absolute atomic E-state index is 11.7. The van der Waals surface area contributed by atoms with E-state index in [1.807, 2.05) is 27.7 Å². The lowest BCUT2D eigenvalue weighted by Crippen LogP contribution is -2.34. The predicted octanol–water partition coefficient (Wildman–Crippen LogP) is 3.20. The molecule has 132 valence electrons. The third-order valence-electron chi connectivity index (χ3n) is 3.05. The number of aromatic nitrogens is 1. The van der Waals surface area contributed by atoms with Gasteiger partial charge in [-0.05, 0) is 6.07 Å². The van der Waals surface area contributed by atoms with E-state index in [1.165, 1.54) is 12.3 Å². The fraction of sp³-hybridized carbons (Fsp3) is 0.529. The van der Waals surface area contributed by atoms with Crippen LogP contribution < -0.4 is 10.9 Å². The van der Waals surface area contributed by atoms with Gasteiger partial charge in [-0.3, -0.25) is 9.59 Å². The maximum Gasteiger partial charge on any atom is 0.255 e. The first-order valence-corrected chi connectivity index (χ1v) is 7.63. The van der Waals surface area contributed by atoms with Gasteiger partial charge >= 0.3 is 0 Å². The normalized spacial score (nSPS) is 14.2. The van der Waals surface area contributed by atoms with E-state index in [9.17, 15) is 19.8 Å². The number of pyridine rings is 1. The lowest BCUT2D eigenvalue weighted by atomic mass is 9.89. The Hall–Kier alpha value is -2.24. The number of amides is 1. The molecule has 0 spiro atoms. The van der Waals surface area contributed by atoms with Crippen LogP contribution in [0.2, 0.25) is 0 Å². The van der Waals surface area contributed by atoms with Crippen LogP contribution in [0.5, 0.6) is 5.75 Å². The largest absolute Gasteiger partial charge is 0.512 e. The van der Waals surface area contributed by atoms with Gasteiger partial charge in [0.15, 0.2) is 0 Å². The Balaban J connectivity index is 0. The number of aromatic amines is 1. The molecule has 1 aromatic heterocycles. The molecule has 1 aliphatic rings. The van der Waals surface area contributed by atoms with E-state index in [0.717, 1.165) is 0 Å². The van der Waals surface area contributed by atoms with Gasteiger partial charge in [-0.25, -0.2) is 0 Å². The number of hydrogen-bond donors (Lipinski definition) is 4. The molecule has 0 fully saturated rings. The molecule has 4 N–H and O–H groups in total. The number of aliphatic hydroxyl groups excluding tert-OH is 1. The minimum absolute atomic E-state index is 0. The molecule has 1 unspecified atom stereocenters. The van der Waals surface area contributed by atoms with E-state index in [2.05, 4.69) is 10.3 Å². The number of rotatable bonds is 2. The maximum atomic E-state index is 11.7. The molecule has 23 heavy (non-hydrogen) atoms. The van der Waals surface area contributed by atoms with Gasteiger partial charge in [0, 0.05) is 25.1 Å². The molecule has 0 aliphatic carbocycles. The third-order valence-corrected chi connectivity index (χ3v) is 3.05. The number of nitrogens with one attached hydrogen (secondary N) is 2. The molecule has 0 aromatic carbocycles. The fourth-order valence-corrected chi connectivity index (χ4v) is 2.14. The molecule has 0 saturated heterocycles. The number of aliphatic hydroxyl groups is 1. The van der Waals surface area contributed by atoms with E-state index in [0.29, 0.717) is 13.0 Å². The summed E-state index contributed by atoms with van der Waals surface area (Å²) in [6.07, 6.45) is 1.65. The SMILES string of the molecule is C.CC.CC.CC(C1=C(O)CCNC1=O)c1c(O)cc[nH]c1=O. The molecule has 0 radical (unpaired) electrons. The molecule has 1 aliphatic heterocycles. The van der Waals surface area contributed by atoms with Gasteiger partial charge in [0.05, 0.1) is 11.1 Å². The van der Waals surface area contributed by atoms with E-state index in [-0.39, 0.29) is 30.1 Å². The van der Waals surface area contributed by atoms with Crippen molar-refractivity contribution < 1.29 is 15.0 Å². The topological polar surface area (TPSA) is 102 Å². The number of hydrogen-bond acceptors (Lipinski definition) is 4. The van der Waals surface area contributed by atoms with E-state index in [4.69, 9.17) is 0 Å². The van der Waals surface area contributed by atoms with Crippen LogP contribution in [0.4, 0.5) is 0 Å². The lowest BCUT2D eigenvalue weighted by molar-refractivity contribution is -0.118. The number of carbonyl (C=O) groups is 1. The van der Waals surface area contributed by atoms with Gasteiger partial charge in [0.25, 0.3) is 11.5 Å². The summed E-state index contributed by atoms with van der Waals surface area (Å²) in [7, 11) is 0. The van der Waals surface area contributed by atoms with E-state index < -0.39 is 17.4 Å². The summed E-state index contributed by atoms with van der Waals surface area (Å²) >= 11 is 0. The monoisotopic (exact) mass is 326 g/mol.